The monoisotopic (exact) mass is 1110 g/mol. The van der Waals surface area contributed by atoms with Gasteiger partial charge in [-0.2, -0.15) is 0 Å². The predicted molar refractivity (Wildman–Crippen MR) is 304 cm³/mol. The van der Waals surface area contributed by atoms with Gasteiger partial charge in [0.25, 0.3) is 0 Å². The van der Waals surface area contributed by atoms with E-state index in [1.165, 1.54) is 69.9 Å². The second-order valence-corrected chi connectivity index (χ2v) is 21.3. The molecule has 0 saturated carbocycles. The Morgan fingerprint density at radius 3 is 1.15 bits per heavy atom. The standard InChI is InChI=1S/C29H37N3O7.C16H14O2.C14H27N3O5.CH4/c1-29(2,3)39-27(36)31(5)16-15-30(4)26(35)24(17-25(33)34)32(6)28(37)38-18-23-21-13-9-7-11-19(21)20-12-8-10-14-22(20)23;1-11(17)18-10-16-14-8-4-2-6-12(14)13-7-3-5-9-15(13)16;1-14(2,3)22-13(21)17(6)8-7-16(5)12(20)10(15-4)9-11(18)19;/h7-14,23-24H,15-18H2,1-6H3,(H,33,34);2-9,16H,10H2,1H3;10,15H,7-9H2,1-6H3,(H,18,19);1H4/t24-;;10-;/m0.0./s1. The van der Waals surface area contributed by atoms with Gasteiger partial charge in [-0.25, -0.2) is 14.4 Å². The molecule has 3 N–H and O–H groups in total. The molecule has 2 aliphatic rings. The summed E-state index contributed by atoms with van der Waals surface area (Å²) in [6.07, 6.45) is -2.69. The van der Waals surface area contributed by atoms with Gasteiger partial charge in [0, 0.05) is 80.2 Å². The minimum atomic E-state index is -1.28. The van der Waals surface area contributed by atoms with Crippen LogP contribution in [0.2, 0.25) is 0 Å². The van der Waals surface area contributed by atoms with Crippen molar-refractivity contribution in [1.82, 2.24) is 29.8 Å². The highest BCUT2D eigenvalue weighted by atomic mass is 16.6. The molecular formula is C60H82N6O14. The smallest absolute Gasteiger partial charge is 0.410 e. The van der Waals surface area contributed by atoms with Crippen LogP contribution in [0.1, 0.15) is 103 Å². The number of hydrogen-bond acceptors (Lipinski definition) is 13. The zero-order valence-corrected chi connectivity index (χ0v) is 47.7. The van der Waals surface area contributed by atoms with E-state index in [2.05, 4.69) is 29.6 Å². The summed E-state index contributed by atoms with van der Waals surface area (Å²) in [5, 5.41) is 20.9. The molecule has 0 heterocycles. The summed E-state index contributed by atoms with van der Waals surface area (Å²) in [7, 11) is 9.07. The third kappa shape index (κ3) is 19.1. The molecule has 20 nitrogen and oxygen atoms in total. The molecule has 0 aliphatic heterocycles. The number of amides is 5. The van der Waals surface area contributed by atoms with E-state index in [9.17, 15) is 43.5 Å². The highest BCUT2D eigenvalue weighted by molar-refractivity contribution is 5.89. The van der Waals surface area contributed by atoms with E-state index >= 15 is 0 Å². The molecule has 0 spiro atoms. The van der Waals surface area contributed by atoms with Crippen LogP contribution in [0.25, 0.3) is 22.3 Å². The summed E-state index contributed by atoms with van der Waals surface area (Å²) in [4.78, 5) is 102. The van der Waals surface area contributed by atoms with Gasteiger partial charge >= 0.3 is 36.2 Å². The molecule has 5 amide bonds. The van der Waals surface area contributed by atoms with Gasteiger partial charge in [-0.1, -0.05) is 104 Å². The molecule has 0 radical (unpaired) electrons. The molecular weight excluding hydrogens is 1030 g/mol. The average molecular weight is 1110 g/mol. The minimum Gasteiger partial charge on any atom is -0.481 e. The van der Waals surface area contributed by atoms with Crippen molar-refractivity contribution < 1.29 is 67.5 Å². The molecule has 2 atom stereocenters. The molecule has 4 aromatic carbocycles. The number of ether oxygens (including phenoxy) is 4. The highest BCUT2D eigenvalue weighted by Crippen LogP contribution is 2.45. The summed E-state index contributed by atoms with van der Waals surface area (Å²) in [5.74, 6) is -3.42. The second kappa shape index (κ2) is 29.8. The van der Waals surface area contributed by atoms with Crippen LogP contribution >= 0.6 is 0 Å². The molecule has 20 heteroatoms. The largest absolute Gasteiger partial charge is 0.481 e. The fraction of sp³-hybridized carbons (Fsp3) is 0.467. The van der Waals surface area contributed by atoms with Gasteiger partial charge in [-0.3, -0.25) is 28.9 Å². The molecule has 0 unspecified atom stereocenters. The molecule has 6 rings (SSSR count). The number of benzene rings is 4. The van der Waals surface area contributed by atoms with Crippen molar-refractivity contribution in [1.29, 1.82) is 0 Å². The van der Waals surface area contributed by atoms with Gasteiger partial charge < -0.3 is 54.1 Å². The van der Waals surface area contributed by atoms with Crippen molar-refractivity contribution in [3.05, 3.63) is 119 Å². The van der Waals surface area contributed by atoms with Gasteiger partial charge in [0.2, 0.25) is 11.8 Å². The van der Waals surface area contributed by atoms with Crippen LogP contribution in [-0.4, -0.2) is 188 Å². The summed E-state index contributed by atoms with van der Waals surface area (Å²) in [6, 6.07) is 30.4. The molecule has 0 aromatic heterocycles. The zero-order chi connectivity index (χ0) is 58.9. The maximum atomic E-state index is 13.2. The normalized spacial score (nSPS) is 12.7. The number of rotatable bonds is 18. The first-order valence-electron chi connectivity index (χ1n) is 25.9. The van der Waals surface area contributed by atoms with E-state index in [0.717, 1.165) is 27.2 Å². The van der Waals surface area contributed by atoms with E-state index in [0.29, 0.717) is 13.2 Å². The Balaban J connectivity index is 0.000000345. The number of nitrogens with zero attached hydrogens (tertiary/aromatic N) is 5. The quantitative estimate of drug-likeness (QED) is 0.0626. The first kappa shape index (κ1) is 66.3. The van der Waals surface area contributed by atoms with Crippen LogP contribution in [0.5, 0.6) is 0 Å². The summed E-state index contributed by atoms with van der Waals surface area (Å²) < 4.78 is 21.3. The van der Waals surface area contributed by atoms with Gasteiger partial charge in [0.1, 0.15) is 30.5 Å². The number of carboxylic acid groups (broad SMARTS) is 2. The van der Waals surface area contributed by atoms with Gasteiger partial charge in [-0.05, 0) is 93.1 Å². The number of esters is 1. The first-order valence-corrected chi connectivity index (χ1v) is 25.9. The van der Waals surface area contributed by atoms with Gasteiger partial charge in [-0.15, -0.1) is 0 Å². The Morgan fingerprint density at radius 1 is 0.500 bits per heavy atom. The van der Waals surface area contributed by atoms with E-state index in [4.69, 9.17) is 24.1 Å². The number of carbonyl (C=O) groups excluding carboxylic acids is 6. The molecule has 80 heavy (non-hydrogen) atoms. The second-order valence-electron chi connectivity index (χ2n) is 21.3. The molecule has 0 fully saturated rings. The zero-order valence-electron chi connectivity index (χ0n) is 47.7. The van der Waals surface area contributed by atoms with Crippen LogP contribution in [0, 0.1) is 0 Å². The number of carboxylic acids is 2. The van der Waals surface area contributed by atoms with Crippen molar-refractivity contribution in [2.45, 2.75) is 104 Å². The van der Waals surface area contributed by atoms with Crippen molar-refractivity contribution >= 4 is 48.0 Å². The average Bonchev–Trinajstić information content (AvgIpc) is 3.89. The lowest BCUT2D eigenvalue weighted by Crippen LogP contribution is -2.51. The molecule has 0 saturated heterocycles. The van der Waals surface area contributed by atoms with Crippen molar-refractivity contribution in [2.24, 2.45) is 0 Å². The summed E-state index contributed by atoms with van der Waals surface area (Å²) in [6.45, 7) is 13.4. The fourth-order valence-electron chi connectivity index (χ4n) is 8.71. The number of nitrogens with one attached hydrogen (secondary N) is 1. The fourth-order valence-corrected chi connectivity index (χ4v) is 8.71. The van der Waals surface area contributed by atoms with E-state index in [-0.39, 0.29) is 63.8 Å². The number of carbonyl (C=O) groups is 8. The molecule has 4 aromatic rings. The van der Waals surface area contributed by atoms with Crippen LogP contribution in [-0.2, 0) is 42.9 Å². The van der Waals surface area contributed by atoms with Crippen molar-refractivity contribution in [3.63, 3.8) is 0 Å². The van der Waals surface area contributed by atoms with Crippen molar-refractivity contribution in [3.8, 4) is 22.3 Å². The van der Waals surface area contributed by atoms with E-state index in [1.807, 2.05) is 72.8 Å². The van der Waals surface area contributed by atoms with E-state index < -0.39 is 65.8 Å². The number of fused-ring (bicyclic) bond motifs is 6. The Kier molecular flexibility index (Phi) is 24.7. The van der Waals surface area contributed by atoms with Crippen LogP contribution in [0.3, 0.4) is 0 Å². The number of likely N-dealkylation sites (N-methyl/N-ethyl adjacent to an activating group) is 6. The highest BCUT2D eigenvalue weighted by Gasteiger charge is 2.35. The Labute approximate surface area is 470 Å². The summed E-state index contributed by atoms with van der Waals surface area (Å²) in [5.41, 5.74) is 8.02. The first-order chi connectivity index (χ1) is 37.0. The predicted octanol–water partition coefficient (Wildman–Crippen LogP) is 8.41. The Bertz CT molecular complexity index is 2700. The maximum Gasteiger partial charge on any atom is 0.410 e. The third-order valence-electron chi connectivity index (χ3n) is 12.9. The Hall–Kier alpha value is -8.00. The molecule has 436 valence electrons. The Morgan fingerprint density at radius 2 is 0.825 bits per heavy atom. The van der Waals surface area contributed by atoms with Crippen molar-refractivity contribution in [2.75, 3.05) is 81.7 Å². The van der Waals surface area contributed by atoms with E-state index in [1.54, 1.807) is 62.7 Å². The topological polar surface area (TPSA) is 242 Å². The number of hydrogen-bond donors (Lipinski definition) is 3. The van der Waals surface area contributed by atoms with Gasteiger partial charge in [0.05, 0.1) is 18.9 Å². The summed E-state index contributed by atoms with van der Waals surface area (Å²) >= 11 is 0. The lowest BCUT2D eigenvalue weighted by molar-refractivity contribution is -0.144. The minimum absolute atomic E-state index is 0. The lowest BCUT2D eigenvalue weighted by atomic mass is 9.98. The lowest BCUT2D eigenvalue weighted by Gasteiger charge is -2.31. The van der Waals surface area contributed by atoms with Crippen LogP contribution < -0.4 is 5.32 Å². The third-order valence-corrected chi connectivity index (χ3v) is 12.9. The maximum absolute atomic E-state index is 13.2. The SMILES string of the molecule is C.CC(=O)OCC1c2ccccc2-c2ccccc21.CN(CCN(C)C(=O)[C@H](CC(=O)O)N(C)C(=O)OCC1c2ccccc2-c2ccccc21)C(=O)OC(C)(C)C.CN[C@@H](CC(=O)O)C(=O)N(C)CCN(C)C(=O)OC(C)(C)C. The molecule has 0 bridgehead atoms. The van der Waals surface area contributed by atoms with Crippen LogP contribution in [0.4, 0.5) is 14.4 Å². The van der Waals surface area contributed by atoms with Gasteiger partial charge in [0.15, 0.2) is 0 Å². The molecule has 2 aliphatic carbocycles. The van der Waals surface area contributed by atoms with Crippen LogP contribution in [0.15, 0.2) is 97.1 Å². The number of aliphatic carboxylic acids is 2.